The van der Waals surface area contributed by atoms with Crippen LogP contribution < -0.4 is 5.73 Å². The van der Waals surface area contributed by atoms with E-state index in [-0.39, 0.29) is 0 Å². The molecule has 0 fully saturated rings. The first-order chi connectivity index (χ1) is 6.69. The minimum absolute atomic E-state index is 0.435. The first kappa shape index (κ1) is 11.1. The number of hydrogen-bond acceptors (Lipinski definition) is 3. The van der Waals surface area contributed by atoms with Gasteiger partial charge in [0.15, 0.2) is 0 Å². The van der Waals surface area contributed by atoms with E-state index >= 15 is 0 Å². The molecule has 3 nitrogen and oxygen atoms in total. The third kappa shape index (κ3) is 2.51. The quantitative estimate of drug-likeness (QED) is 0.795. The smallest absolute Gasteiger partial charge is 0.0798 e. The molecular formula is C11H19N3. The van der Waals surface area contributed by atoms with Gasteiger partial charge in [-0.15, -0.1) is 0 Å². The first-order valence-electron chi connectivity index (χ1n) is 5.24. The molecule has 0 aliphatic rings. The van der Waals surface area contributed by atoms with Crippen molar-refractivity contribution in [1.29, 1.82) is 0 Å². The zero-order chi connectivity index (χ0) is 10.6. The van der Waals surface area contributed by atoms with Crippen LogP contribution in [0.1, 0.15) is 50.1 Å². The van der Waals surface area contributed by atoms with E-state index < -0.39 is 0 Å². The fourth-order valence-corrected chi connectivity index (χ4v) is 1.41. The predicted octanol–water partition coefficient (Wildman–Crippen LogP) is 2.01. The van der Waals surface area contributed by atoms with Gasteiger partial charge in [-0.2, -0.15) is 10.2 Å². The lowest BCUT2D eigenvalue weighted by molar-refractivity contribution is 0.743. The van der Waals surface area contributed by atoms with E-state index in [1.165, 1.54) is 5.56 Å². The molecular weight excluding hydrogens is 174 g/mol. The Morgan fingerprint density at radius 2 is 2.07 bits per heavy atom. The van der Waals surface area contributed by atoms with Crippen LogP contribution in [0.2, 0.25) is 0 Å². The van der Waals surface area contributed by atoms with Gasteiger partial charge in [0.1, 0.15) is 0 Å². The third-order valence-electron chi connectivity index (χ3n) is 2.28. The average molecular weight is 193 g/mol. The Hall–Kier alpha value is -0.960. The Morgan fingerprint density at radius 1 is 1.36 bits per heavy atom. The highest BCUT2D eigenvalue weighted by molar-refractivity contribution is 5.22. The van der Waals surface area contributed by atoms with Gasteiger partial charge in [0, 0.05) is 6.54 Å². The van der Waals surface area contributed by atoms with Crippen molar-refractivity contribution < 1.29 is 0 Å². The average Bonchev–Trinajstić information content (AvgIpc) is 2.18. The summed E-state index contributed by atoms with van der Waals surface area (Å²) in [5, 5.41) is 8.32. The van der Waals surface area contributed by atoms with Gasteiger partial charge in [-0.1, -0.05) is 27.2 Å². The van der Waals surface area contributed by atoms with Gasteiger partial charge in [0.2, 0.25) is 0 Å². The van der Waals surface area contributed by atoms with Crippen LogP contribution >= 0.6 is 0 Å². The molecule has 14 heavy (non-hydrogen) atoms. The standard InChI is InChI=1S/C11H19N3/c1-4-5-9-6-10(8(2)3)13-14-11(9)7-12/h6,8H,4-5,7,12H2,1-3H3. The van der Waals surface area contributed by atoms with Crippen LogP contribution in [0.4, 0.5) is 0 Å². The van der Waals surface area contributed by atoms with E-state index in [1.54, 1.807) is 0 Å². The summed E-state index contributed by atoms with van der Waals surface area (Å²) in [5.41, 5.74) is 8.86. The number of aromatic nitrogens is 2. The van der Waals surface area contributed by atoms with E-state index in [0.29, 0.717) is 12.5 Å². The molecule has 1 aromatic heterocycles. The lowest BCUT2D eigenvalue weighted by atomic mass is 10.0. The Bertz CT molecular complexity index is 295. The second kappa shape index (κ2) is 5.05. The second-order valence-electron chi connectivity index (χ2n) is 3.85. The Morgan fingerprint density at radius 3 is 2.57 bits per heavy atom. The van der Waals surface area contributed by atoms with Gasteiger partial charge in [0.25, 0.3) is 0 Å². The van der Waals surface area contributed by atoms with Crippen LogP contribution in [0.25, 0.3) is 0 Å². The van der Waals surface area contributed by atoms with Crippen molar-refractivity contribution in [3.63, 3.8) is 0 Å². The predicted molar refractivity (Wildman–Crippen MR) is 58.0 cm³/mol. The lowest BCUT2D eigenvalue weighted by Crippen LogP contribution is -2.08. The summed E-state index contributed by atoms with van der Waals surface area (Å²) in [7, 11) is 0. The lowest BCUT2D eigenvalue weighted by Gasteiger charge is -2.09. The molecule has 1 aromatic rings. The monoisotopic (exact) mass is 193 g/mol. The molecule has 0 aliphatic carbocycles. The van der Waals surface area contributed by atoms with E-state index in [1.807, 2.05) is 0 Å². The van der Waals surface area contributed by atoms with Crippen molar-refractivity contribution in [3.8, 4) is 0 Å². The van der Waals surface area contributed by atoms with Crippen molar-refractivity contribution in [2.24, 2.45) is 5.73 Å². The maximum Gasteiger partial charge on any atom is 0.0798 e. The maximum atomic E-state index is 5.60. The normalized spacial score (nSPS) is 10.9. The third-order valence-corrected chi connectivity index (χ3v) is 2.28. The molecule has 0 saturated carbocycles. The van der Waals surface area contributed by atoms with Crippen molar-refractivity contribution in [2.75, 3.05) is 0 Å². The summed E-state index contributed by atoms with van der Waals surface area (Å²) in [5.74, 6) is 0.435. The zero-order valence-corrected chi connectivity index (χ0v) is 9.25. The van der Waals surface area contributed by atoms with E-state index in [2.05, 4.69) is 37.0 Å². The van der Waals surface area contributed by atoms with Crippen LogP contribution in [0.3, 0.4) is 0 Å². The summed E-state index contributed by atoms with van der Waals surface area (Å²) in [4.78, 5) is 0. The highest BCUT2D eigenvalue weighted by Gasteiger charge is 2.07. The number of hydrogen-bond donors (Lipinski definition) is 1. The Kier molecular flexibility index (Phi) is 4.01. The second-order valence-corrected chi connectivity index (χ2v) is 3.85. The molecule has 0 spiro atoms. The van der Waals surface area contributed by atoms with E-state index in [0.717, 1.165) is 24.2 Å². The molecule has 0 atom stereocenters. The molecule has 0 saturated heterocycles. The topological polar surface area (TPSA) is 51.8 Å². The molecule has 1 rings (SSSR count). The van der Waals surface area contributed by atoms with Gasteiger partial charge in [-0.25, -0.2) is 0 Å². The van der Waals surface area contributed by atoms with Crippen molar-refractivity contribution in [2.45, 2.75) is 46.1 Å². The molecule has 78 valence electrons. The summed E-state index contributed by atoms with van der Waals surface area (Å²) in [6, 6.07) is 2.14. The molecule has 0 radical (unpaired) electrons. The maximum absolute atomic E-state index is 5.60. The summed E-state index contributed by atoms with van der Waals surface area (Å²) >= 11 is 0. The number of nitrogens with zero attached hydrogens (tertiary/aromatic N) is 2. The summed E-state index contributed by atoms with van der Waals surface area (Å²) in [6.07, 6.45) is 2.16. The first-order valence-corrected chi connectivity index (χ1v) is 5.24. The highest BCUT2D eigenvalue weighted by Crippen LogP contribution is 2.15. The molecule has 2 N–H and O–H groups in total. The van der Waals surface area contributed by atoms with E-state index in [9.17, 15) is 0 Å². The van der Waals surface area contributed by atoms with Gasteiger partial charge in [-0.05, 0) is 24.0 Å². The van der Waals surface area contributed by atoms with E-state index in [4.69, 9.17) is 5.73 Å². The Labute approximate surface area is 85.7 Å². The van der Waals surface area contributed by atoms with Crippen molar-refractivity contribution >= 4 is 0 Å². The summed E-state index contributed by atoms with van der Waals surface area (Å²) < 4.78 is 0. The molecule has 3 heteroatoms. The molecule has 1 heterocycles. The zero-order valence-electron chi connectivity index (χ0n) is 9.25. The minimum atomic E-state index is 0.435. The van der Waals surface area contributed by atoms with Crippen molar-refractivity contribution in [3.05, 3.63) is 23.0 Å². The fourth-order valence-electron chi connectivity index (χ4n) is 1.41. The van der Waals surface area contributed by atoms with Crippen LogP contribution in [0.5, 0.6) is 0 Å². The van der Waals surface area contributed by atoms with Gasteiger partial charge < -0.3 is 5.73 Å². The SMILES string of the molecule is CCCc1cc(C(C)C)nnc1CN. The molecule has 0 bridgehead atoms. The van der Waals surface area contributed by atoms with Crippen LogP contribution in [-0.2, 0) is 13.0 Å². The van der Waals surface area contributed by atoms with Crippen LogP contribution in [0, 0.1) is 0 Å². The minimum Gasteiger partial charge on any atom is -0.325 e. The molecule has 0 aliphatic heterocycles. The molecule has 0 aromatic carbocycles. The van der Waals surface area contributed by atoms with Crippen LogP contribution in [0.15, 0.2) is 6.07 Å². The van der Waals surface area contributed by atoms with Crippen LogP contribution in [-0.4, -0.2) is 10.2 Å². The number of rotatable bonds is 4. The van der Waals surface area contributed by atoms with Gasteiger partial charge >= 0.3 is 0 Å². The molecule has 0 unspecified atom stereocenters. The van der Waals surface area contributed by atoms with Gasteiger partial charge in [0.05, 0.1) is 11.4 Å². The fraction of sp³-hybridized carbons (Fsp3) is 0.636. The van der Waals surface area contributed by atoms with Gasteiger partial charge in [-0.3, -0.25) is 0 Å². The largest absolute Gasteiger partial charge is 0.325 e. The summed E-state index contributed by atoms with van der Waals surface area (Å²) in [6.45, 7) is 6.90. The number of aryl methyl sites for hydroxylation is 1. The Balaban J connectivity index is 3.01. The number of nitrogens with two attached hydrogens (primary N) is 1. The highest BCUT2D eigenvalue weighted by atomic mass is 15.1. The van der Waals surface area contributed by atoms with Crippen molar-refractivity contribution in [1.82, 2.24) is 10.2 Å². The molecule has 0 amide bonds.